The molecule has 0 aromatic heterocycles. The highest BCUT2D eigenvalue weighted by Crippen LogP contribution is 2.15. The molecule has 22 heavy (non-hydrogen) atoms. The molecule has 1 aliphatic heterocycles. The summed E-state index contributed by atoms with van der Waals surface area (Å²) in [5, 5.41) is 14.7. The minimum absolute atomic E-state index is 0.122. The van der Waals surface area contributed by atoms with Gasteiger partial charge in [0.2, 0.25) is 0 Å². The topological polar surface area (TPSA) is 81.7 Å². The van der Waals surface area contributed by atoms with E-state index in [-0.39, 0.29) is 24.5 Å². The van der Waals surface area contributed by atoms with Crippen LogP contribution in [0.15, 0.2) is 24.3 Å². The molecular weight excluding hydrogens is 282 g/mol. The Kier molecular flexibility index (Phi) is 5.77. The maximum absolute atomic E-state index is 12.2. The zero-order valence-electron chi connectivity index (χ0n) is 12.8. The second-order valence-corrected chi connectivity index (χ2v) is 5.58. The van der Waals surface area contributed by atoms with E-state index in [2.05, 4.69) is 10.6 Å². The Morgan fingerprint density at radius 1 is 1.41 bits per heavy atom. The van der Waals surface area contributed by atoms with E-state index >= 15 is 0 Å². The van der Waals surface area contributed by atoms with Crippen LogP contribution in [-0.2, 0) is 6.54 Å². The van der Waals surface area contributed by atoms with Crippen LogP contribution in [0.5, 0.6) is 0 Å². The van der Waals surface area contributed by atoms with E-state index in [9.17, 15) is 14.7 Å². The summed E-state index contributed by atoms with van der Waals surface area (Å²) < 4.78 is 0. The summed E-state index contributed by atoms with van der Waals surface area (Å²) in [6, 6.07) is 7.06. The van der Waals surface area contributed by atoms with Gasteiger partial charge in [0.25, 0.3) is 5.91 Å². The van der Waals surface area contributed by atoms with Gasteiger partial charge in [-0.15, -0.1) is 0 Å². The zero-order valence-corrected chi connectivity index (χ0v) is 12.8. The van der Waals surface area contributed by atoms with Crippen molar-refractivity contribution in [3.63, 3.8) is 0 Å². The molecule has 1 aliphatic rings. The first kappa shape index (κ1) is 16.3. The van der Waals surface area contributed by atoms with Crippen molar-refractivity contribution in [2.24, 2.45) is 5.92 Å². The standard InChI is InChI=1S/C16H23N3O3/c1-17-15(21)14-6-2-4-12(8-14)9-18-16(22)19-7-3-5-13(10-19)11-20/h2,4,6,8,13,20H,3,5,7,9-11H2,1H3,(H,17,21)(H,18,22). The van der Waals surface area contributed by atoms with E-state index in [1.165, 1.54) is 0 Å². The number of amides is 3. The van der Waals surface area contributed by atoms with Crippen LogP contribution in [0.3, 0.4) is 0 Å². The molecule has 120 valence electrons. The molecule has 3 amide bonds. The van der Waals surface area contributed by atoms with Crippen molar-refractivity contribution in [1.29, 1.82) is 0 Å². The summed E-state index contributed by atoms with van der Waals surface area (Å²) in [5.41, 5.74) is 1.46. The normalized spacial score (nSPS) is 17.9. The van der Waals surface area contributed by atoms with Crippen LogP contribution in [0, 0.1) is 5.92 Å². The maximum Gasteiger partial charge on any atom is 0.317 e. The van der Waals surface area contributed by atoms with Crippen molar-refractivity contribution in [2.45, 2.75) is 19.4 Å². The van der Waals surface area contributed by atoms with Crippen LogP contribution in [0.4, 0.5) is 4.79 Å². The summed E-state index contributed by atoms with van der Waals surface area (Å²) in [7, 11) is 1.59. The molecule has 1 fully saturated rings. The molecule has 6 heteroatoms. The third-order valence-corrected chi connectivity index (χ3v) is 3.92. The molecule has 1 aromatic carbocycles. The first-order valence-corrected chi connectivity index (χ1v) is 7.58. The number of rotatable bonds is 4. The first-order chi connectivity index (χ1) is 10.6. The number of nitrogens with one attached hydrogen (secondary N) is 2. The average Bonchev–Trinajstić information content (AvgIpc) is 2.59. The monoisotopic (exact) mass is 305 g/mol. The fourth-order valence-electron chi connectivity index (χ4n) is 2.65. The predicted molar refractivity (Wildman–Crippen MR) is 83.5 cm³/mol. The van der Waals surface area contributed by atoms with Crippen LogP contribution in [0.25, 0.3) is 0 Å². The minimum atomic E-state index is -0.144. The Hall–Kier alpha value is -2.08. The van der Waals surface area contributed by atoms with Gasteiger partial charge in [-0.05, 0) is 36.5 Å². The Morgan fingerprint density at radius 3 is 2.95 bits per heavy atom. The zero-order chi connectivity index (χ0) is 15.9. The lowest BCUT2D eigenvalue weighted by Crippen LogP contribution is -2.45. The number of aliphatic hydroxyl groups is 1. The minimum Gasteiger partial charge on any atom is -0.396 e. The Morgan fingerprint density at radius 2 is 2.23 bits per heavy atom. The average molecular weight is 305 g/mol. The predicted octanol–water partition coefficient (Wildman–Crippen LogP) is 0.960. The fraction of sp³-hybridized carbons (Fsp3) is 0.500. The maximum atomic E-state index is 12.2. The van der Waals surface area contributed by atoms with Crippen molar-refractivity contribution in [3.05, 3.63) is 35.4 Å². The summed E-state index contributed by atoms with van der Waals surface area (Å²) >= 11 is 0. The lowest BCUT2D eigenvalue weighted by molar-refractivity contribution is 0.0963. The molecule has 0 bridgehead atoms. The van der Waals surface area contributed by atoms with Crippen LogP contribution >= 0.6 is 0 Å². The van der Waals surface area contributed by atoms with Crippen molar-refractivity contribution >= 4 is 11.9 Å². The van der Waals surface area contributed by atoms with Crippen molar-refractivity contribution in [3.8, 4) is 0 Å². The van der Waals surface area contributed by atoms with Gasteiger partial charge in [-0.1, -0.05) is 12.1 Å². The van der Waals surface area contributed by atoms with Crippen LogP contribution in [-0.4, -0.2) is 48.7 Å². The number of hydrogen-bond acceptors (Lipinski definition) is 3. The number of nitrogens with zero attached hydrogens (tertiary/aromatic N) is 1. The SMILES string of the molecule is CNC(=O)c1cccc(CNC(=O)N2CCCC(CO)C2)c1. The number of carbonyl (C=O) groups excluding carboxylic acids is 2. The molecule has 6 nitrogen and oxygen atoms in total. The number of aliphatic hydroxyl groups excluding tert-OH is 1. The van der Waals surface area contributed by atoms with Gasteiger partial charge in [-0.2, -0.15) is 0 Å². The summed E-state index contributed by atoms with van der Waals surface area (Å²) in [5.74, 6) is 0.0334. The van der Waals surface area contributed by atoms with Gasteiger partial charge in [0.15, 0.2) is 0 Å². The van der Waals surface area contributed by atoms with Gasteiger partial charge in [0, 0.05) is 38.9 Å². The molecule has 0 aliphatic carbocycles. The van der Waals surface area contributed by atoms with E-state index in [0.717, 1.165) is 24.9 Å². The second-order valence-electron chi connectivity index (χ2n) is 5.58. The number of benzene rings is 1. The first-order valence-electron chi connectivity index (χ1n) is 7.58. The van der Waals surface area contributed by atoms with Crippen LogP contribution < -0.4 is 10.6 Å². The summed E-state index contributed by atoms with van der Waals surface area (Å²) in [6.07, 6.45) is 1.89. The number of carbonyl (C=O) groups is 2. The largest absolute Gasteiger partial charge is 0.396 e. The number of hydrogen-bond donors (Lipinski definition) is 3. The molecule has 2 rings (SSSR count). The fourth-order valence-corrected chi connectivity index (χ4v) is 2.65. The van der Waals surface area contributed by atoms with Crippen molar-refractivity contribution in [1.82, 2.24) is 15.5 Å². The molecule has 1 atom stereocenters. The molecule has 1 aromatic rings. The van der Waals surface area contributed by atoms with Crippen LogP contribution in [0.1, 0.15) is 28.8 Å². The highest BCUT2D eigenvalue weighted by atomic mass is 16.3. The highest BCUT2D eigenvalue weighted by Gasteiger charge is 2.22. The molecule has 0 radical (unpaired) electrons. The number of likely N-dealkylation sites (tertiary alicyclic amines) is 1. The third kappa shape index (κ3) is 4.21. The summed E-state index contributed by atoms with van der Waals surface area (Å²) in [6.45, 7) is 1.82. The van der Waals surface area contributed by atoms with E-state index in [0.29, 0.717) is 18.7 Å². The summed E-state index contributed by atoms with van der Waals surface area (Å²) in [4.78, 5) is 25.5. The van der Waals surface area contributed by atoms with Crippen molar-refractivity contribution in [2.75, 3.05) is 26.7 Å². The van der Waals surface area contributed by atoms with Gasteiger partial charge < -0.3 is 20.6 Å². The van der Waals surface area contributed by atoms with E-state index in [1.54, 1.807) is 30.1 Å². The smallest absolute Gasteiger partial charge is 0.317 e. The van der Waals surface area contributed by atoms with Gasteiger partial charge in [-0.3, -0.25) is 4.79 Å². The number of piperidine rings is 1. The van der Waals surface area contributed by atoms with Gasteiger partial charge in [-0.25, -0.2) is 4.79 Å². The quantitative estimate of drug-likeness (QED) is 0.775. The molecule has 1 saturated heterocycles. The second kappa shape index (κ2) is 7.79. The molecular formula is C16H23N3O3. The lowest BCUT2D eigenvalue weighted by atomic mass is 9.99. The van der Waals surface area contributed by atoms with Gasteiger partial charge in [0.05, 0.1) is 0 Å². The van der Waals surface area contributed by atoms with Gasteiger partial charge in [0.1, 0.15) is 0 Å². The Labute approximate surface area is 130 Å². The molecule has 1 heterocycles. The molecule has 0 saturated carbocycles. The highest BCUT2D eigenvalue weighted by molar-refractivity contribution is 5.94. The molecule has 3 N–H and O–H groups in total. The number of urea groups is 1. The van der Waals surface area contributed by atoms with E-state index in [1.807, 2.05) is 6.07 Å². The Bertz CT molecular complexity index is 533. The van der Waals surface area contributed by atoms with Crippen molar-refractivity contribution < 1.29 is 14.7 Å². The Balaban J connectivity index is 1.89. The lowest BCUT2D eigenvalue weighted by Gasteiger charge is -2.31. The third-order valence-electron chi connectivity index (χ3n) is 3.92. The van der Waals surface area contributed by atoms with E-state index < -0.39 is 0 Å². The molecule has 1 unspecified atom stereocenters. The van der Waals surface area contributed by atoms with Crippen LogP contribution in [0.2, 0.25) is 0 Å². The van der Waals surface area contributed by atoms with E-state index in [4.69, 9.17) is 0 Å². The molecule has 0 spiro atoms. The van der Waals surface area contributed by atoms with Gasteiger partial charge >= 0.3 is 6.03 Å².